The topological polar surface area (TPSA) is 108 Å². The number of phosphoric acid groups is 1. The molecule has 0 spiro atoms. The summed E-state index contributed by atoms with van der Waals surface area (Å²) in [7, 11) is 1.42. The van der Waals surface area contributed by atoms with Crippen LogP contribution in [0.4, 0.5) is 0 Å². The van der Waals surface area contributed by atoms with Crippen molar-refractivity contribution in [1.29, 1.82) is 0 Å². The summed E-state index contributed by atoms with van der Waals surface area (Å²) in [5, 5.41) is 0. The monoisotopic (exact) mass is 835 g/mol. The first-order chi connectivity index (χ1) is 28.0. The molecule has 1 unspecified atom stereocenters. The van der Waals surface area contributed by atoms with Gasteiger partial charge in [0.05, 0.1) is 27.7 Å². The van der Waals surface area contributed by atoms with Gasteiger partial charge in [-0.2, -0.15) is 0 Å². The number of quaternary nitrogens is 1. The first-order valence-electron chi connectivity index (χ1n) is 22.7. The molecule has 2 atom stereocenters. The highest BCUT2D eigenvalue weighted by atomic mass is 31.2. The van der Waals surface area contributed by atoms with Crippen molar-refractivity contribution in [3.05, 3.63) is 72.9 Å². The molecule has 0 rings (SSSR count). The Hall–Kier alpha value is -2.55. The van der Waals surface area contributed by atoms with Gasteiger partial charge in [0, 0.05) is 12.8 Å². The molecule has 0 heterocycles. The van der Waals surface area contributed by atoms with E-state index in [9.17, 15) is 19.0 Å². The van der Waals surface area contributed by atoms with Crippen LogP contribution in [0.25, 0.3) is 0 Å². The highest BCUT2D eigenvalue weighted by Gasteiger charge is 2.27. The van der Waals surface area contributed by atoms with E-state index in [0.717, 1.165) is 44.9 Å². The smallest absolute Gasteiger partial charge is 0.462 e. The van der Waals surface area contributed by atoms with E-state index in [4.69, 9.17) is 18.5 Å². The quantitative estimate of drug-likeness (QED) is 0.0214. The number of rotatable bonds is 40. The number of carbonyl (C=O) groups is 2. The van der Waals surface area contributed by atoms with Crippen LogP contribution in [0.3, 0.4) is 0 Å². The Balaban J connectivity index is 4.50. The zero-order chi connectivity index (χ0) is 42.8. The van der Waals surface area contributed by atoms with Crippen LogP contribution in [0.2, 0.25) is 0 Å². The first-order valence-corrected chi connectivity index (χ1v) is 24.2. The fraction of sp³-hybridized carbons (Fsp3) is 0.708. The summed E-state index contributed by atoms with van der Waals surface area (Å²) in [4.78, 5) is 35.3. The normalized spacial score (nSPS) is 14.2. The van der Waals surface area contributed by atoms with Crippen molar-refractivity contribution in [3.63, 3.8) is 0 Å². The Morgan fingerprint density at radius 2 is 0.966 bits per heavy atom. The minimum atomic E-state index is -4.40. The molecule has 0 aromatic rings. The maximum absolute atomic E-state index is 12.7. The number of phosphoric ester groups is 1. The maximum Gasteiger partial charge on any atom is 0.472 e. The average Bonchev–Trinajstić information content (AvgIpc) is 3.17. The molecular weight excluding hydrogens is 750 g/mol. The Bertz CT molecular complexity index is 1220. The SMILES string of the molecule is CCCCC/C=C/C/C=C/C/C=C/C/C=C/C/C=C/CCC(=O)OC[C@H](COP(=O)(O)OCC[N+](C)(C)C)OC(=O)CCCC/C=C/CCCCCCCCCCC. The van der Waals surface area contributed by atoms with E-state index in [0.29, 0.717) is 23.9 Å². The molecule has 0 saturated heterocycles. The van der Waals surface area contributed by atoms with E-state index >= 15 is 0 Å². The van der Waals surface area contributed by atoms with Crippen LogP contribution in [0.15, 0.2) is 72.9 Å². The predicted molar refractivity (Wildman–Crippen MR) is 242 cm³/mol. The highest BCUT2D eigenvalue weighted by Crippen LogP contribution is 2.43. The number of hydrogen-bond donors (Lipinski definition) is 1. The van der Waals surface area contributed by atoms with Crippen LogP contribution in [0.1, 0.15) is 168 Å². The number of carbonyl (C=O) groups excluding carboxylic acids is 2. The van der Waals surface area contributed by atoms with Crippen LogP contribution < -0.4 is 0 Å². The number of esters is 2. The van der Waals surface area contributed by atoms with Gasteiger partial charge in [0.15, 0.2) is 6.10 Å². The number of unbranched alkanes of at least 4 members (excludes halogenated alkanes) is 14. The molecule has 0 fully saturated rings. The van der Waals surface area contributed by atoms with E-state index in [1.165, 1.54) is 83.5 Å². The summed E-state index contributed by atoms with van der Waals surface area (Å²) in [6.07, 6.45) is 49.7. The number of allylic oxidation sites excluding steroid dienone is 12. The maximum atomic E-state index is 12.7. The van der Waals surface area contributed by atoms with Gasteiger partial charge in [-0.3, -0.25) is 18.6 Å². The van der Waals surface area contributed by atoms with Gasteiger partial charge in [-0.1, -0.05) is 151 Å². The molecule has 0 aromatic carbocycles. The lowest BCUT2D eigenvalue weighted by atomic mass is 10.1. The minimum Gasteiger partial charge on any atom is -0.462 e. The third-order valence-corrected chi connectivity index (χ3v) is 10.2. The lowest BCUT2D eigenvalue weighted by Crippen LogP contribution is -2.37. The summed E-state index contributed by atoms with van der Waals surface area (Å²) in [6, 6.07) is 0. The van der Waals surface area contributed by atoms with E-state index in [1.807, 2.05) is 33.3 Å². The highest BCUT2D eigenvalue weighted by molar-refractivity contribution is 7.47. The van der Waals surface area contributed by atoms with Gasteiger partial charge in [-0.15, -0.1) is 0 Å². The summed E-state index contributed by atoms with van der Waals surface area (Å²) in [5.41, 5.74) is 0. The standard InChI is InChI=1S/C48H84NO8P/c1-6-8-10-12-14-16-18-20-22-23-24-25-27-28-30-32-34-36-38-40-47(50)54-44-46(45-56-58(52,53)55-43-42-49(3,4)5)57-48(51)41-39-37-35-33-31-29-26-21-19-17-15-13-11-9-7-2/h14,16,20,22,24-25,28,30-31,33-34,36,46H,6-13,15,17-19,21,23,26-27,29,32,35,37-45H2,1-5H3/p+1/b16-14+,22-20+,25-24+,30-28+,33-31+,36-34+/t46-/m1/s1. The second-order valence-electron chi connectivity index (χ2n) is 16.1. The van der Waals surface area contributed by atoms with Crippen LogP contribution >= 0.6 is 7.82 Å². The molecule has 58 heavy (non-hydrogen) atoms. The van der Waals surface area contributed by atoms with E-state index in [2.05, 4.69) is 74.6 Å². The van der Waals surface area contributed by atoms with Crippen molar-refractivity contribution in [3.8, 4) is 0 Å². The minimum absolute atomic E-state index is 0.0142. The van der Waals surface area contributed by atoms with Crippen molar-refractivity contribution < 1.29 is 42.1 Å². The van der Waals surface area contributed by atoms with E-state index < -0.39 is 32.5 Å². The van der Waals surface area contributed by atoms with Crippen molar-refractivity contribution in [2.75, 3.05) is 47.5 Å². The first kappa shape index (κ1) is 55.5. The van der Waals surface area contributed by atoms with Gasteiger partial charge in [-0.05, 0) is 77.0 Å². The van der Waals surface area contributed by atoms with E-state index in [1.54, 1.807) is 0 Å². The van der Waals surface area contributed by atoms with Crippen molar-refractivity contribution >= 4 is 19.8 Å². The van der Waals surface area contributed by atoms with Crippen molar-refractivity contribution in [1.82, 2.24) is 0 Å². The van der Waals surface area contributed by atoms with Crippen LogP contribution in [0.5, 0.6) is 0 Å². The molecule has 0 aliphatic rings. The zero-order valence-electron chi connectivity index (χ0n) is 37.5. The van der Waals surface area contributed by atoms with Gasteiger partial charge in [0.1, 0.15) is 19.8 Å². The number of hydrogen-bond acceptors (Lipinski definition) is 7. The third kappa shape index (κ3) is 43.0. The molecule has 334 valence electrons. The lowest BCUT2D eigenvalue weighted by molar-refractivity contribution is -0.870. The molecule has 9 nitrogen and oxygen atoms in total. The lowest BCUT2D eigenvalue weighted by Gasteiger charge is -2.24. The van der Waals surface area contributed by atoms with Crippen molar-refractivity contribution in [2.45, 2.75) is 174 Å². The Kier molecular flexibility index (Phi) is 38.1. The van der Waals surface area contributed by atoms with Gasteiger partial charge in [0.25, 0.3) is 0 Å². The second kappa shape index (κ2) is 39.9. The average molecular weight is 835 g/mol. The molecule has 0 amide bonds. The molecule has 0 saturated carbocycles. The van der Waals surface area contributed by atoms with Crippen LogP contribution in [-0.4, -0.2) is 74.9 Å². The van der Waals surface area contributed by atoms with Gasteiger partial charge >= 0.3 is 19.8 Å². The Labute approximate surface area is 355 Å². The zero-order valence-corrected chi connectivity index (χ0v) is 38.4. The van der Waals surface area contributed by atoms with Crippen LogP contribution in [-0.2, 0) is 32.7 Å². The van der Waals surface area contributed by atoms with Gasteiger partial charge in [-0.25, -0.2) is 4.57 Å². The molecule has 10 heteroatoms. The third-order valence-electron chi connectivity index (χ3n) is 9.22. The largest absolute Gasteiger partial charge is 0.472 e. The van der Waals surface area contributed by atoms with Gasteiger partial charge in [0.2, 0.25) is 0 Å². The fourth-order valence-electron chi connectivity index (χ4n) is 5.64. The number of ether oxygens (including phenoxy) is 2. The predicted octanol–water partition coefficient (Wildman–Crippen LogP) is 13.0. The number of nitrogens with zero attached hydrogens (tertiary/aromatic N) is 1. The van der Waals surface area contributed by atoms with Crippen molar-refractivity contribution in [2.24, 2.45) is 0 Å². The molecule has 0 bridgehead atoms. The molecule has 0 aliphatic heterocycles. The Morgan fingerprint density at radius 1 is 0.534 bits per heavy atom. The summed E-state index contributed by atoms with van der Waals surface area (Å²) < 4.78 is 34.2. The molecular formula is C48H85NO8P+. The summed E-state index contributed by atoms with van der Waals surface area (Å²) >= 11 is 0. The summed E-state index contributed by atoms with van der Waals surface area (Å²) in [5.74, 6) is -0.925. The molecule has 0 aromatic heterocycles. The molecule has 1 N–H and O–H groups in total. The summed E-state index contributed by atoms with van der Waals surface area (Å²) in [6.45, 7) is 4.27. The van der Waals surface area contributed by atoms with Gasteiger partial charge < -0.3 is 18.9 Å². The molecule has 0 radical (unpaired) electrons. The molecule has 0 aliphatic carbocycles. The second-order valence-corrected chi connectivity index (χ2v) is 17.5. The van der Waals surface area contributed by atoms with E-state index in [-0.39, 0.29) is 26.1 Å². The Morgan fingerprint density at radius 3 is 1.50 bits per heavy atom. The number of likely N-dealkylation sites (N-methyl/N-ethyl adjacent to an activating group) is 1. The fourth-order valence-corrected chi connectivity index (χ4v) is 6.38. The van der Waals surface area contributed by atoms with Crippen LogP contribution in [0, 0.1) is 0 Å².